The predicted molar refractivity (Wildman–Crippen MR) is 60.0 cm³/mol. The normalized spacial score (nSPS) is 20.2. The van der Waals surface area contributed by atoms with Crippen LogP contribution >= 0.6 is 0 Å². The molecule has 0 unspecified atom stereocenters. The van der Waals surface area contributed by atoms with E-state index < -0.39 is 0 Å². The highest BCUT2D eigenvalue weighted by molar-refractivity contribution is 5.89. The van der Waals surface area contributed by atoms with Crippen LogP contribution in [0.25, 0.3) is 0 Å². The first-order valence-corrected chi connectivity index (χ1v) is 5.42. The van der Waals surface area contributed by atoms with Gasteiger partial charge < -0.3 is 11.5 Å². The van der Waals surface area contributed by atoms with E-state index in [2.05, 4.69) is 6.92 Å². The van der Waals surface area contributed by atoms with Gasteiger partial charge in [0.1, 0.15) is 5.84 Å². The molecule has 1 aliphatic carbocycles. The van der Waals surface area contributed by atoms with E-state index >= 15 is 0 Å². The van der Waals surface area contributed by atoms with Gasteiger partial charge in [-0.1, -0.05) is 26.2 Å². The minimum atomic E-state index is 0.0743. The third kappa shape index (κ3) is 2.28. The Bertz CT molecular complexity index is 239. The Labute approximate surface area is 86.1 Å². The number of unbranched alkanes of at least 4 members (excludes halogenated alkanes) is 1. The van der Waals surface area contributed by atoms with Crippen LogP contribution in [0.1, 0.15) is 45.4 Å². The maximum Gasteiger partial charge on any atom is 0.117 e. The van der Waals surface area contributed by atoms with E-state index in [1.807, 2.05) is 0 Å². The molecule has 0 aromatic rings. The summed E-state index contributed by atoms with van der Waals surface area (Å²) in [6.45, 7) is 2.19. The minimum absolute atomic E-state index is 0.0743. The number of allylic oxidation sites excluding steroid dienone is 1. The molecule has 3 nitrogen and oxygen atoms in total. The Morgan fingerprint density at radius 2 is 2.07 bits per heavy atom. The third-order valence-electron chi connectivity index (χ3n) is 3.24. The molecule has 1 saturated carbocycles. The molecule has 0 amide bonds. The second-order valence-electron chi connectivity index (χ2n) is 4.29. The zero-order valence-electron chi connectivity index (χ0n) is 8.97. The Morgan fingerprint density at radius 1 is 1.43 bits per heavy atom. The quantitative estimate of drug-likeness (QED) is 0.464. The number of amidine groups is 1. The van der Waals surface area contributed by atoms with E-state index in [4.69, 9.17) is 16.9 Å². The standard InChI is InChI=1S/C11H21N3/c1-2-3-5-11(6-4-7-11)9(12)8-10(13)14/h8H,2-7,12H2,1H3,(H3,13,14)/b9-8-. The van der Waals surface area contributed by atoms with Crippen molar-refractivity contribution in [3.05, 3.63) is 11.8 Å². The van der Waals surface area contributed by atoms with E-state index in [0.717, 1.165) is 12.1 Å². The Balaban J connectivity index is 2.64. The van der Waals surface area contributed by atoms with Crippen LogP contribution in [0.3, 0.4) is 0 Å². The molecule has 0 spiro atoms. The molecule has 80 valence electrons. The van der Waals surface area contributed by atoms with Crippen molar-refractivity contribution in [3.8, 4) is 0 Å². The molecule has 0 bridgehead atoms. The molecule has 1 aliphatic rings. The van der Waals surface area contributed by atoms with Crippen molar-refractivity contribution >= 4 is 5.84 Å². The molecule has 0 aliphatic heterocycles. The highest BCUT2D eigenvalue weighted by Crippen LogP contribution is 2.48. The average Bonchev–Trinajstić information content (AvgIpc) is 2.01. The zero-order chi connectivity index (χ0) is 10.6. The molecule has 1 rings (SSSR count). The van der Waals surface area contributed by atoms with Crippen LogP contribution in [0, 0.1) is 10.8 Å². The molecule has 1 fully saturated rings. The van der Waals surface area contributed by atoms with Gasteiger partial charge in [-0.3, -0.25) is 5.41 Å². The van der Waals surface area contributed by atoms with E-state index in [-0.39, 0.29) is 11.3 Å². The molecule has 0 aromatic carbocycles. The fourth-order valence-corrected chi connectivity index (χ4v) is 2.12. The maximum absolute atomic E-state index is 7.20. The van der Waals surface area contributed by atoms with Gasteiger partial charge in [0.2, 0.25) is 0 Å². The fourth-order valence-electron chi connectivity index (χ4n) is 2.12. The van der Waals surface area contributed by atoms with Crippen molar-refractivity contribution in [1.29, 1.82) is 5.41 Å². The van der Waals surface area contributed by atoms with Crippen molar-refractivity contribution in [1.82, 2.24) is 0 Å². The zero-order valence-corrected chi connectivity index (χ0v) is 8.97. The van der Waals surface area contributed by atoms with Crippen molar-refractivity contribution < 1.29 is 0 Å². The molecule has 5 N–H and O–H groups in total. The molecule has 0 atom stereocenters. The van der Waals surface area contributed by atoms with E-state index in [1.165, 1.54) is 32.1 Å². The van der Waals surface area contributed by atoms with Crippen molar-refractivity contribution in [2.45, 2.75) is 45.4 Å². The second-order valence-corrected chi connectivity index (χ2v) is 4.29. The van der Waals surface area contributed by atoms with Gasteiger partial charge in [-0.15, -0.1) is 0 Å². The number of nitrogens with one attached hydrogen (secondary N) is 1. The molecular weight excluding hydrogens is 174 g/mol. The van der Waals surface area contributed by atoms with Crippen molar-refractivity contribution in [3.63, 3.8) is 0 Å². The van der Waals surface area contributed by atoms with Crippen LogP contribution in [0.4, 0.5) is 0 Å². The number of hydrogen-bond donors (Lipinski definition) is 3. The number of rotatable bonds is 5. The molecule has 14 heavy (non-hydrogen) atoms. The summed E-state index contributed by atoms with van der Waals surface area (Å²) in [5.74, 6) is 0.0743. The first kappa shape index (κ1) is 11.1. The Hall–Kier alpha value is -0.990. The summed E-state index contributed by atoms with van der Waals surface area (Å²) >= 11 is 0. The van der Waals surface area contributed by atoms with E-state index in [9.17, 15) is 0 Å². The fraction of sp³-hybridized carbons (Fsp3) is 0.727. The van der Waals surface area contributed by atoms with E-state index in [0.29, 0.717) is 0 Å². The number of nitrogens with two attached hydrogens (primary N) is 2. The molecule has 0 radical (unpaired) electrons. The van der Waals surface area contributed by atoms with Gasteiger partial charge >= 0.3 is 0 Å². The Morgan fingerprint density at radius 3 is 2.43 bits per heavy atom. The SMILES string of the molecule is CCCCC1(/C(N)=C/C(=N)N)CCC1. The van der Waals surface area contributed by atoms with Crippen LogP contribution in [0.2, 0.25) is 0 Å². The highest BCUT2D eigenvalue weighted by atomic mass is 14.7. The second kappa shape index (κ2) is 4.49. The van der Waals surface area contributed by atoms with E-state index in [1.54, 1.807) is 6.08 Å². The van der Waals surface area contributed by atoms with Gasteiger partial charge in [-0.05, 0) is 25.3 Å². The largest absolute Gasteiger partial charge is 0.401 e. The van der Waals surface area contributed by atoms with Crippen LogP contribution in [0.15, 0.2) is 11.8 Å². The summed E-state index contributed by atoms with van der Waals surface area (Å²) < 4.78 is 0. The van der Waals surface area contributed by atoms with Gasteiger partial charge in [0, 0.05) is 11.1 Å². The number of hydrogen-bond acceptors (Lipinski definition) is 2. The molecule has 0 heterocycles. The lowest BCUT2D eigenvalue weighted by atomic mass is 9.64. The monoisotopic (exact) mass is 195 g/mol. The van der Waals surface area contributed by atoms with Gasteiger partial charge in [-0.25, -0.2) is 0 Å². The minimum Gasteiger partial charge on any atom is -0.401 e. The van der Waals surface area contributed by atoms with Gasteiger partial charge in [0.15, 0.2) is 0 Å². The predicted octanol–water partition coefficient (Wildman–Crippen LogP) is 2.13. The van der Waals surface area contributed by atoms with Crippen molar-refractivity contribution in [2.75, 3.05) is 0 Å². The van der Waals surface area contributed by atoms with Crippen LogP contribution in [0.5, 0.6) is 0 Å². The summed E-state index contributed by atoms with van der Waals surface area (Å²) in [6.07, 6.45) is 8.79. The first-order valence-electron chi connectivity index (χ1n) is 5.42. The van der Waals surface area contributed by atoms with Crippen molar-refractivity contribution in [2.24, 2.45) is 16.9 Å². The third-order valence-corrected chi connectivity index (χ3v) is 3.24. The topological polar surface area (TPSA) is 75.9 Å². The van der Waals surface area contributed by atoms with Gasteiger partial charge in [0.25, 0.3) is 0 Å². The Kier molecular flexibility index (Phi) is 3.55. The van der Waals surface area contributed by atoms with Crippen LogP contribution in [-0.2, 0) is 0 Å². The lowest BCUT2D eigenvalue weighted by molar-refractivity contribution is 0.163. The van der Waals surface area contributed by atoms with Gasteiger partial charge in [0.05, 0.1) is 0 Å². The smallest absolute Gasteiger partial charge is 0.117 e. The lowest BCUT2D eigenvalue weighted by Gasteiger charge is -2.42. The summed E-state index contributed by atoms with van der Waals surface area (Å²) in [6, 6.07) is 0. The van der Waals surface area contributed by atoms with Crippen LogP contribution in [-0.4, -0.2) is 5.84 Å². The summed E-state index contributed by atoms with van der Waals surface area (Å²) in [5, 5.41) is 7.20. The summed E-state index contributed by atoms with van der Waals surface area (Å²) in [7, 11) is 0. The average molecular weight is 195 g/mol. The molecular formula is C11H21N3. The molecule has 0 saturated heterocycles. The van der Waals surface area contributed by atoms with Gasteiger partial charge in [-0.2, -0.15) is 0 Å². The first-order chi connectivity index (χ1) is 6.60. The molecule has 0 aromatic heterocycles. The maximum atomic E-state index is 7.20. The lowest BCUT2D eigenvalue weighted by Crippen LogP contribution is -2.36. The highest BCUT2D eigenvalue weighted by Gasteiger charge is 2.38. The molecule has 3 heteroatoms. The summed E-state index contributed by atoms with van der Waals surface area (Å²) in [4.78, 5) is 0. The summed E-state index contributed by atoms with van der Waals surface area (Å²) in [5.41, 5.74) is 12.3. The van der Waals surface area contributed by atoms with Crippen LogP contribution < -0.4 is 11.5 Å².